The molecule has 0 nitrogen and oxygen atoms in total. The van der Waals surface area contributed by atoms with Gasteiger partial charge in [-0.3, -0.25) is 0 Å². The highest BCUT2D eigenvalue weighted by Crippen LogP contribution is 1.89. The SMILES string of the molecule is [Si][Si][Si][Si][Si][Si][Si][Si][Si][Si][Si][Si][Si][Si][Si](Cl)Cl. The van der Waals surface area contributed by atoms with E-state index < -0.39 is 6.93 Å². The van der Waals surface area contributed by atoms with Crippen LogP contribution >= 0.6 is 22.2 Å². The van der Waals surface area contributed by atoms with Crippen LogP contribution in [0.15, 0.2) is 0 Å². The molecular formula is Cl2Si15. The molecule has 0 aromatic heterocycles. The Kier molecular flexibility index (Phi) is 21.9. The number of hydrogen-bond donors (Lipinski definition) is 0. The zero-order valence-corrected chi connectivity index (χ0v) is 24.8. The standard InChI is InChI=1S/Cl2Si15/c1-17(2)16-15-14-13-12-11-10-9-8-7-6-5-4-3. The summed E-state index contributed by atoms with van der Waals surface area (Å²) in [5.41, 5.74) is 0. The predicted molar refractivity (Wildman–Crippen MR) is 98.0 cm³/mol. The van der Waals surface area contributed by atoms with Gasteiger partial charge in [0, 0.05) is 112 Å². The van der Waals surface area contributed by atoms with Crippen molar-refractivity contribution in [3.05, 3.63) is 0 Å². The van der Waals surface area contributed by atoms with Gasteiger partial charge in [0.25, 0.3) is 0 Å². The van der Waals surface area contributed by atoms with E-state index in [4.69, 9.17) is 22.2 Å². The van der Waals surface area contributed by atoms with Crippen molar-refractivity contribution >= 4 is 150 Å². The van der Waals surface area contributed by atoms with Crippen molar-refractivity contribution in [2.45, 2.75) is 0 Å². The molecule has 0 amide bonds. The fourth-order valence-electron chi connectivity index (χ4n) is 0.391. The maximum atomic E-state index is 5.81. The maximum Gasteiger partial charge on any atom is 0.249 e. The van der Waals surface area contributed by atoms with Crippen molar-refractivity contribution in [2.75, 3.05) is 0 Å². The molecule has 74 valence electrons. The van der Waals surface area contributed by atoms with Crippen LogP contribution in [0.1, 0.15) is 0 Å². The molecule has 0 aliphatic carbocycles. The van der Waals surface area contributed by atoms with Gasteiger partial charge >= 0.3 is 0 Å². The van der Waals surface area contributed by atoms with Crippen LogP contribution < -0.4 is 0 Å². The minimum absolute atomic E-state index is 0.893. The molecule has 0 spiro atoms. The van der Waals surface area contributed by atoms with E-state index in [2.05, 4.69) is 9.76 Å². The van der Waals surface area contributed by atoms with Crippen molar-refractivity contribution in [3.63, 3.8) is 0 Å². The van der Waals surface area contributed by atoms with Gasteiger partial charge < -0.3 is 0 Å². The average molecular weight is 492 g/mol. The van der Waals surface area contributed by atoms with Crippen molar-refractivity contribution in [2.24, 2.45) is 0 Å². The van der Waals surface area contributed by atoms with Crippen LogP contribution in [0.25, 0.3) is 0 Å². The molecule has 0 fully saturated rings. The largest absolute Gasteiger partial charge is 0.249 e. The molecule has 0 bridgehead atoms. The summed E-state index contributed by atoms with van der Waals surface area (Å²) in [4.78, 5) is 0. The van der Waals surface area contributed by atoms with E-state index in [-0.39, 0.29) is 0 Å². The lowest BCUT2D eigenvalue weighted by molar-refractivity contribution is 3.77. The predicted octanol–water partition coefficient (Wildman–Crippen LogP) is -4.33. The molecule has 30 radical (unpaired) electrons. The van der Waals surface area contributed by atoms with Crippen molar-refractivity contribution in [1.29, 1.82) is 0 Å². The lowest BCUT2D eigenvalue weighted by Crippen LogP contribution is -2.35. The molecule has 17 heteroatoms. The Balaban J connectivity index is 2.89. The van der Waals surface area contributed by atoms with Gasteiger partial charge in [-0.25, -0.2) is 0 Å². The van der Waals surface area contributed by atoms with E-state index >= 15 is 0 Å². The third-order valence-electron chi connectivity index (χ3n) is 0.844. The van der Waals surface area contributed by atoms with Crippen LogP contribution in [0.2, 0.25) is 0 Å². The summed E-state index contributed by atoms with van der Waals surface area (Å²) in [6.07, 6.45) is 0. The smallest absolute Gasteiger partial charge is 0.152 e. The highest BCUT2D eigenvalue weighted by Gasteiger charge is 2.04. The van der Waals surface area contributed by atoms with Gasteiger partial charge in [-0.05, 0) is 0 Å². The summed E-state index contributed by atoms with van der Waals surface area (Å²) in [5, 5.41) is 0. The van der Waals surface area contributed by atoms with E-state index in [9.17, 15) is 0 Å². The number of halogens is 2. The normalized spacial score (nSPS) is 11.3. The summed E-state index contributed by atoms with van der Waals surface area (Å²) >= 11 is 11.6. The Bertz CT molecular complexity index is 135. The second kappa shape index (κ2) is 17.9. The highest BCUT2D eigenvalue weighted by molar-refractivity contribution is 7.76. The second-order valence-corrected chi connectivity index (χ2v) is 50.9. The molecule has 0 atom stereocenters. The molecule has 0 aliphatic heterocycles. The average Bonchev–Trinajstić information content (AvgIpc) is 2.30. The zero-order valence-electron chi connectivity index (χ0n) is 8.26. The Morgan fingerprint density at radius 3 is 1.29 bits per heavy atom. The van der Waals surface area contributed by atoms with Gasteiger partial charge in [0.15, 0.2) is 0 Å². The summed E-state index contributed by atoms with van der Waals surface area (Å²) in [7, 11) is 19.3. The van der Waals surface area contributed by atoms with Crippen LogP contribution in [0.3, 0.4) is 0 Å². The van der Waals surface area contributed by atoms with Gasteiger partial charge in [-0.2, -0.15) is 22.2 Å². The zero-order chi connectivity index (χ0) is 12.8. The molecule has 0 aromatic carbocycles. The maximum absolute atomic E-state index is 5.81. The molecule has 0 aromatic rings. The number of hydrogen-bond acceptors (Lipinski definition) is 0. The van der Waals surface area contributed by atoms with Crippen LogP contribution in [-0.4, -0.2) is 128 Å². The second-order valence-electron chi connectivity index (χ2n) is 1.89. The van der Waals surface area contributed by atoms with Gasteiger partial charge in [0.1, 0.15) is 0 Å². The van der Waals surface area contributed by atoms with Crippen molar-refractivity contribution in [1.82, 2.24) is 0 Å². The van der Waals surface area contributed by atoms with E-state index in [1.165, 1.54) is 85.5 Å². The summed E-state index contributed by atoms with van der Waals surface area (Å²) < 4.78 is 0. The Morgan fingerprint density at radius 2 is 0.941 bits per heavy atom. The first-order chi connectivity index (χ1) is 8.27. The molecule has 0 rings (SSSR count). The molecule has 0 unspecified atom stereocenters. The van der Waals surface area contributed by atoms with Crippen LogP contribution in [-0.2, 0) is 0 Å². The van der Waals surface area contributed by atoms with E-state index in [1.807, 2.05) is 0 Å². The Hall–Kier alpha value is 3.83. The van der Waals surface area contributed by atoms with Crippen LogP contribution in [0.5, 0.6) is 0 Å². The fourth-order valence-corrected chi connectivity index (χ4v) is 95.0. The van der Waals surface area contributed by atoms with Crippen molar-refractivity contribution < 1.29 is 0 Å². The van der Waals surface area contributed by atoms with E-state index in [0.717, 1.165) is 25.7 Å². The van der Waals surface area contributed by atoms with E-state index in [1.54, 1.807) is 0 Å². The molecule has 0 heterocycles. The summed E-state index contributed by atoms with van der Waals surface area (Å²) in [5.74, 6) is 0. The Labute approximate surface area is 148 Å². The lowest BCUT2D eigenvalue weighted by Gasteiger charge is -1.97. The van der Waals surface area contributed by atoms with Crippen molar-refractivity contribution in [3.8, 4) is 0 Å². The minimum Gasteiger partial charge on any atom is -0.152 e. The summed E-state index contributed by atoms with van der Waals surface area (Å²) in [6.45, 7) is -0.942. The Morgan fingerprint density at radius 1 is 0.588 bits per heavy atom. The molecule has 0 saturated carbocycles. The molecule has 0 saturated heterocycles. The fraction of sp³-hybridized carbons (Fsp3) is 0. The third kappa shape index (κ3) is 19.8. The molecule has 0 N–H and O–H groups in total. The third-order valence-corrected chi connectivity index (χ3v) is 68.4. The molecule has 0 aliphatic rings. The van der Waals surface area contributed by atoms with Gasteiger partial charge in [0.2, 0.25) is 6.93 Å². The minimum atomic E-state index is -0.942. The lowest BCUT2D eigenvalue weighted by atomic mass is 26.1. The first-order valence-corrected chi connectivity index (χ1v) is 34.9. The van der Waals surface area contributed by atoms with Crippen LogP contribution in [0.4, 0.5) is 0 Å². The molecule has 17 heavy (non-hydrogen) atoms. The molecular weight excluding hydrogens is 492 g/mol. The summed E-state index contributed by atoms with van der Waals surface area (Å²) in [6, 6.07) is 0. The van der Waals surface area contributed by atoms with Gasteiger partial charge in [-0.1, -0.05) is 0 Å². The van der Waals surface area contributed by atoms with Crippen LogP contribution in [0, 0.1) is 0 Å². The highest BCUT2D eigenvalue weighted by atomic mass is 35.7. The van der Waals surface area contributed by atoms with Gasteiger partial charge in [-0.15, -0.1) is 0 Å². The topological polar surface area (TPSA) is 0 Å². The quantitative estimate of drug-likeness (QED) is 0.139. The van der Waals surface area contributed by atoms with Gasteiger partial charge in [0.05, 0.1) is 8.55 Å². The monoisotopic (exact) mass is 490 g/mol. The first kappa shape index (κ1) is 20.8. The first-order valence-electron chi connectivity index (χ1n) is 3.88. The van der Waals surface area contributed by atoms with E-state index in [0.29, 0.717) is 0 Å². The number of rotatable bonds is 13.